The standard InChI is InChI=1S/C16H18BrNO/c17-16(13-7-11-6-12(11)8-13)10-1-3-14-9(5-10)2-4-15(19)18-14/h1,3,5,11-13,16H,2,4,6-8H2,(H,18,19). The van der Waals surface area contributed by atoms with Gasteiger partial charge in [-0.1, -0.05) is 28.1 Å². The Morgan fingerprint density at radius 2 is 1.95 bits per heavy atom. The number of carbonyl (C=O) groups excluding carboxylic acids is 1. The molecule has 1 aromatic rings. The van der Waals surface area contributed by atoms with Crippen LogP contribution in [0.25, 0.3) is 0 Å². The zero-order chi connectivity index (χ0) is 13.0. The Kier molecular flexibility index (Phi) is 2.73. The van der Waals surface area contributed by atoms with Crippen molar-refractivity contribution in [2.45, 2.75) is 36.9 Å². The predicted molar refractivity (Wildman–Crippen MR) is 79.4 cm³/mol. The van der Waals surface area contributed by atoms with Crippen LogP contribution in [0.3, 0.4) is 0 Å². The molecule has 0 spiro atoms. The molecule has 2 fully saturated rings. The molecule has 1 amide bonds. The molecule has 1 aromatic carbocycles. The van der Waals surface area contributed by atoms with Crippen LogP contribution in [-0.4, -0.2) is 5.91 Å². The van der Waals surface area contributed by atoms with E-state index in [1.807, 2.05) is 0 Å². The van der Waals surface area contributed by atoms with Crippen molar-refractivity contribution in [3.63, 3.8) is 0 Å². The van der Waals surface area contributed by atoms with E-state index in [4.69, 9.17) is 0 Å². The fourth-order valence-corrected chi connectivity index (χ4v) is 4.56. The molecule has 3 atom stereocenters. The number of rotatable bonds is 2. The number of hydrogen-bond acceptors (Lipinski definition) is 1. The molecule has 0 bridgehead atoms. The van der Waals surface area contributed by atoms with Crippen LogP contribution < -0.4 is 5.32 Å². The first-order chi connectivity index (χ1) is 9.20. The summed E-state index contributed by atoms with van der Waals surface area (Å²) in [7, 11) is 0. The van der Waals surface area contributed by atoms with Crippen LogP contribution in [0.15, 0.2) is 18.2 Å². The number of nitrogens with one attached hydrogen (secondary N) is 1. The molecule has 3 aliphatic rings. The molecule has 1 N–H and O–H groups in total. The Labute approximate surface area is 122 Å². The molecule has 3 unspecified atom stereocenters. The fraction of sp³-hybridized carbons (Fsp3) is 0.562. The van der Waals surface area contributed by atoms with Gasteiger partial charge in [-0.15, -0.1) is 0 Å². The predicted octanol–water partition coefficient (Wildman–Crippen LogP) is 4.05. The van der Waals surface area contributed by atoms with E-state index in [0.717, 1.165) is 29.9 Å². The third-order valence-corrected chi connectivity index (χ3v) is 6.31. The van der Waals surface area contributed by atoms with Gasteiger partial charge in [0.25, 0.3) is 0 Å². The molecule has 4 rings (SSSR count). The molecule has 3 heteroatoms. The summed E-state index contributed by atoms with van der Waals surface area (Å²) >= 11 is 3.91. The number of alkyl halides is 1. The van der Waals surface area contributed by atoms with Gasteiger partial charge in [0.1, 0.15) is 0 Å². The van der Waals surface area contributed by atoms with E-state index in [0.29, 0.717) is 11.2 Å². The summed E-state index contributed by atoms with van der Waals surface area (Å²) in [6, 6.07) is 6.54. The largest absolute Gasteiger partial charge is 0.326 e. The number of hydrogen-bond donors (Lipinski definition) is 1. The number of aryl methyl sites for hydroxylation is 1. The number of amides is 1. The highest BCUT2D eigenvalue weighted by Crippen LogP contribution is 2.58. The lowest BCUT2D eigenvalue weighted by atomic mass is 9.92. The van der Waals surface area contributed by atoms with E-state index in [-0.39, 0.29) is 5.91 Å². The Hall–Kier alpha value is -0.830. The first-order valence-corrected chi connectivity index (χ1v) is 8.19. The van der Waals surface area contributed by atoms with Crippen molar-refractivity contribution in [1.82, 2.24) is 0 Å². The van der Waals surface area contributed by atoms with E-state index >= 15 is 0 Å². The highest BCUT2D eigenvalue weighted by molar-refractivity contribution is 9.09. The Bertz CT molecular complexity index is 532. The van der Waals surface area contributed by atoms with Gasteiger partial charge in [-0.25, -0.2) is 0 Å². The number of carbonyl (C=O) groups is 1. The minimum atomic E-state index is 0.145. The Balaban J connectivity index is 1.56. The number of benzene rings is 1. The fourth-order valence-electron chi connectivity index (χ4n) is 3.85. The summed E-state index contributed by atoms with van der Waals surface area (Å²) in [5.41, 5.74) is 3.69. The number of anilines is 1. The normalized spacial score (nSPS) is 33.3. The van der Waals surface area contributed by atoms with Gasteiger partial charge in [-0.05, 0) is 60.6 Å². The molecule has 1 heterocycles. The van der Waals surface area contributed by atoms with Crippen molar-refractivity contribution in [2.24, 2.45) is 17.8 Å². The third-order valence-electron chi connectivity index (χ3n) is 5.04. The second-order valence-corrected chi connectivity index (χ2v) is 7.34. The van der Waals surface area contributed by atoms with E-state index in [1.54, 1.807) is 0 Å². The van der Waals surface area contributed by atoms with Crippen molar-refractivity contribution in [2.75, 3.05) is 5.32 Å². The zero-order valence-electron chi connectivity index (χ0n) is 10.9. The first kappa shape index (κ1) is 12.0. The number of halogens is 1. The monoisotopic (exact) mass is 319 g/mol. The highest BCUT2D eigenvalue weighted by Gasteiger charge is 2.47. The van der Waals surface area contributed by atoms with Crippen molar-refractivity contribution in [3.8, 4) is 0 Å². The second-order valence-electron chi connectivity index (χ2n) is 6.35. The van der Waals surface area contributed by atoms with E-state index < -0.39 is 0 Å². The minimum absolute atomic E-state index is 0.145. The lowest BCUT2D eigenvalue weighted by molar-refractivity contribution is -0.116. The van der Waals surface area contributed by atoms with Crippen LogP contribution in [0.1, 0.15) is 41.6 Å². The molecule has 0 saturated heterocycles. The van der Waals surface area contributed by atoms with Gasteiger partial charge in [0, 0.05) is 16.9 Å². The lowest BCUT2D eigenvalue weighted by Gasteiger charge is -2.23. The Morgan fingerprint density at radius 1 is 1.16 bits per heavy atom. The number of fused-ring (bicyclic) bond motifs is 2. The van der Waals surface area contributed by atoms with Crippen molar-refractivity contribution in [1.29, 1.82) is 0 Å². The van der Waals surface area contributed by atoms with Gasteiger partial charge in [-0.3, -0.25) is 4.79 Å². The van der Waals surface area contributed by atoms with E-state index in [2.05, 4.69) is 39.4 Å². The molecule has 2 nitrogen and oxygen atoms in total. The van der Waals surface area contributed by atoms with Crippen LogP contribution in [0.5, 0.6) is 0 Å². The summed E-state index contributed by atoms with van der Waals surface area (Å²) in [5.74, 6) is 3.01. The van der Waals surface area contributed by atoms with Gasteiger partial charge < -0.3 is 5.32 Å². The molecule has 2 aliphatic carbocycles. The maximum Gasteiger partial charge on any atom is 0.224 e. The molecule has 0 radical (unpaired) electrons. The SMILES string of the molecule is O=C1CCc2cc(C(Br)C3CC4CC4C3)ccc2N1. The summed E-state index contributed by atoms with van der Waals surface area (Å²) in [6.45, 7) is 0. The molecule has 1 aliphatic heterocycles. The van der Waals surface area contributed by atoms with Crippen LogP contribution in [0.4, 0.5) is 5.69 Å². The summed E-state index contributed by atoms with van der Waals surface area (Å²) in [6.07, 6.45) is 5.77. The summed E-state index contributed by atoms with van der Waals surface area (Å²) in [5, 5.41) is 2.96. The zero-order valence-corrected chi connectivity index (χ0v) is 12.4. The molecule has 2 saturated carbocycles. The quantitative estimate of drug-likeness (QED) is 0.818. The smallest absolute Gasteiger partial charge is 0.224 e. The topological polar surface area (TPSA) is 29.1 Å². The van der Waals surface area contributed by atoms with E-state index in [9.17, 15) is 4.79 Å². The molecule has 0 aromatic heterocycles. The van der Waals surface area contributed by atoms with Gasteiger partial charge in [0.05, 0.1) is 0 Å². The van der Waals surface area contributed by atoms with Crippen LogP contribution in [0.2, 0.25) is 0 Å². The second kappa shape index (κ2) is 4.34. The maximum absolute atomic E-state index is 11.4. The average molecular weight is 320 g/mol. The maximum atomic E-state index is 11.4. The van der Waals surface area contributed by atoms with Gasteiger partial charge in [0.2, 0.25) is 5.91 Å². The first-order valence-electron chi connectivity index (χ1n) is 7.27. The Morgan fingerprint density at radius 3 is 2.74 bits per heavy atom. The van der Waals surface area contributed by atoms with Crippen LogP contribution >= 0.6 is 15.9 Å². The molecule has 100 valence electrons. The average Bonchev–Trinajstić information content (AvgIpc) is 3.04. The lowest BCUT2D eigenvalue weighted by Crippen LogP contribution is -2.19. The molecular weight excluding hydrogens is 302 g/mol. The molecule has 19 heavy (non-hydrogen) atoms. The third kappa shape index (κ3) is 2.12. The van der Waals surface area contributed by atoms with Crippen molar-refractivity contribution in [3.05, 3.63) is 29.3 Å². The van der Waals surface area contributed by atoms with Gasteiger partial charge >= 0.3 is 0 Å². The van der Waals surface area contributed by atoms with Crippen molar-refractivity contribution < 1.29 is 4.79 Å². The van der Waals surface area contributed by atoms with Crippen molar-refractivity contribution >= 4 is 27.5 Å². The summed E-state index contributed by atoms with van der Waals surface area (Å²) in [4.78, 5) is 11.9. The van der Waals surface area contributed by atoms with Gasteiger partial charge in [0.15, 0.2) is 0 Å². The summed E-state index contributed by atoms with van der Waals surface area (Å²) < 4.78 is 0. The van der Waals surface area contributed by atoms with Gasteiger partial charge in [-0.2, -0.15) is 0 Å². The highest BCUT2D eigenvalue weighted by atomic mass is 79.9. The van der Waals surface area contributed by atoms with E-state index in [1.165, 1.54) is 30.4 Å². The minimum Gasteiger partial charge on any atom is -0.326 e. The van der Waals surface area contributed by atoms with Crippen LogP contribution in [0, 0.1) is 17.8 Å². The van der Waals surface area contributed by atoms with Crippen LogP contribution in [-0.2, 0) is 11.2 Å². The molecular formula is C16H18BrNO.